The lowest BCUT2D eigenvalue weighted by atomic mass is 10.3. The fourth-order valence-corrected chi connectivity index (χ4v) is 3.56. The zero-order valence-corrected chi connectivity index (χ0v) is 12.3. The van der Waals surface area contributed by atoms with Crippen molar-refractivity contribution in [1.29, 1.82) is 0 Å². The van der Waals surface area contributed by atoms with Crippen LogP contribution in [-0.2, 0) is 6.54 Å². The van der Waals surface area contributed by atoms with Crippen molar-refractivity contribution >= 4 is 44.5 Å². The number of carbonyl (C=O) groups excluding carboxylic acids is 1. The standard InChI is InChI=1S/C13H12N4OS2/c1-7-5-16-9(19-7)6-17-13(18)12-10(14)11-8(20-12)3-2-4-15-11/h2-5H,6,14H2,1H3,(H,17,18). The van der Waals surface area contributed by atoms with E-state index in [1.165, 1.54) is 11.3 Å². The number of nitrogens with two attached hydrogens (primary N) is 1. The van der Waals surface area contributed by atoms with E-state index in [4.69, 9.17) is 5.73 Å². The zero-order valence-electron chi connectivity index (χ0n) is 10.7. The first kappa shape index (κ1) is 13.0. The molecule has 3 aromatic heterocycles. The second-order valence-corrected chi connectivity index (χ2v) is 6.61. The van der Waals surface area contributed by atoms with E-state index < -0.39 is 0 Å². The average Bonchev–Trinajstić information content (AvgIpc) is 3.01. The van der Waals surface area contributed by atoms with Crippen LogP contribution in [0.5, 0.6) is 0 Å². The molecule has 0 fully saturated rings. The van der Waals surface area contributed by atoms with Gasteiger partial charge >= 0.3 is 0 Å². The number of aryl methyl sites for hydroxylation is 1. The van der Waals surface area contributed by atoms with Crippen molar-refractivity contribution in [1.82, 2.24) is 15.3 Å². The summed E-state index contributed by atoms with van der Waals surface area (Å²) in [7, 11) is 0. The van der Waals surface area contributed by atoms with Crippen molar-refractivity contribution < 1.29 is 4.79 Å². The topological polar surface area (TPSA) is 80.9 Å². The molecule has 5 nitrogen and oxygen atoms in total. The summed E-state index contributed by atoms with van der Waals surface area (Å²) in [5, 5.41) is 3.72. The molecule has 0 spiro atoms. The predicted molar refractivity (Wildman–Crippen MR) is 82.1 cm³/mol. The molecule has 3 N–H and O–H groups in total. The number of nitrogen functional groups attached to an aromatic ring is 1. The SMILES string of the molecule is Cc1cnc(CNC(=O)c2sc3cccnc3c2N)s1. The van der Waals surface area contributed by atoms with E-state index in [0.29, 0.717) is 22.6 Å². The summed E-state index contributed by atoms with van der Waals surface area (Å²) in [5.41, 5.74) is 7.12. The number of hydrogen-bond donors (Lipinski definition) is 2. The van der Waals surface area contributed by atoms with Crippen LogP contribution in [-0.4, -0.2) is 15.9 Å². The Morgan fingerprint density at radius 3 is 2.95 bits per heavy atom. The van der Waals surface area contributed by atoms with Gasteiger partial charge in [0.1, 0.15) is 15.4 Å². The van der Waals surface area contributed by atoms with E-state index in [-0.39, 0.29) is 5.91 Å². The number of rotatable bonds is 3. The second-order valence-electron chi connectivity index (χ2n) is 4.24. The van der Waals surface area contributed by atoms with Crippen LogP contribution in [0.4, 0.5) is 5.69 Å². The molecule has 1 amide bonds. The summed E-state index contributed by atoms with van der Waals surface area (Å²) in [6.45, 7) is 2.40. The van der Waals surface area contributed by atoms with Gasteiger partial charge in [0, 0.05) is 17.3 Å². The number of pyridine rings is 1. The average molecular weight is 304 g/mol. The number of thiophene rings is 1. The molecule has 0 unspecified atom stereocenters. The molecule has 0 bridgehead atoms. The van der Waals surface area contributed by atoms with E-state index in [9.17, 15) is 4.79 Å². The fourth-order valence-electron chi connectivity index (χ4n) is 1.84. The lowest BCUT2D eigenvalue weighted by Crippen LogP contribution is -2.22. The van der Waals surface area contributed by atoms with Crippen LogP contribution in [0.2, 0.25) is 0 Å². The highest BCUT2D eigenvalue weighted by Crippen LogP contribution is 2.31. The van der Waals surface area contributed by atoms with E-state index in [1.807, 2.05) is 19.1 Å². The predicted octanol–water partition coefficient (Wildman–Crippen LogP) is 2.57. The lowest BCUT2D eigenvalue weighted by molar-refractivity contribution is 0.0956. The molecule has 0 saturated heterocycles. The molecule has 0 aliphatic carbocycles. The van der Waals surface area contributed by atoms with Crippen molar-refractivity contribution in [2.75, 3.05) is 5.73 Å². The minimum Gasteiger partial charge on any atom is -0.396 e. The monoisotopic (exact) mass is 304 g/mol. The number of aromatic nitrogens is 2. The Bertz CT molecular complexity index is 778. The van der Waals surface area contributed by atoms with Crippen LogP contribution in [0.3, 0.4) is 0 Å². The molecule has 0 radical (unpaired) electrons. The van der Waals surface area contributed by atoms with Crippen molar-refractivity contribution in [2.24, 2.45) is 0 Å². The van der Waals surface area contributed by atoms with Gasteiger partial charge in [-0.2, -0.15) is 0 Å². The molecule has 0 aliphatic heterocycles. The second kappa shape index (κ2) is 5.18. The molecule has 0 saturated carbocycles. The molecule has 7 heteroatoms. The Morgan fingerprint density at radius 1 is 1.40 bits per heavy atom. The number of thiazole rings is 1. The summed E-state index contributed by atoms with van der Waals surface area (Å²) in [6.07, 6.45) is 3.47. The fraction of sp³-hybridized carbons (Fsp3) is 0.154. The maximum atomic E-state index is 12.2. The van der Waals surface area contributed by atoms with Gasteiger partial charge in [0.15, 0.2) is 0 Å². The van der Waals surface area contributed by atoms with Crippen LogP contribution >= 0.6 is 22.7 Å². The van der Waals surface area contributed by atoms with Crippen molar-refractivity contribution in [2.45, 2.75) is 13.5 Å². The minimum absolute atomic E-state index is 0.182. The van der Waals surface area contributed by atoms with Gasteiger partial charge in [-0.25, -0.2) is 4.98 Å². The molecular formula is C13H12N4OS2. The Labute approximate surface area is 123 Å². The largest absolute Gasteiger partial charge is 0.396 e. The molecule has 0 atom stereocenters. The van der Waals surface area contributed by atoms with Gasteiger partial charge in [0.2, 0.25) is 0 Å². The normalized spacial score (nSPS) is 10.8. The molecule has 3 rings (SSSR count). The summed E-state index contributed by atoms with van der Waals surface area (Å²) in [4.78, 5) is 22.2. The number of carbonyl (C=O) groups is 1. The Morgan fingerprint density at radius 2 is 2.25 bits per heavy atom. The van der Waals surface area contributed by atoms with Gasteiger partial charge < -0.3 is 11.1 Å². The summed E-state index contributed by atoms with van der Waals surface area (Å²) in [6, 6.07) is 3.74. The highest BCUT2D eigenvalue weighted by Gasteiger charge is 2.17. The van der Waals surface area contributed by atoms with Gasteiger partial charge in [-0.3, -0.25) is 9.78 Å². The summed E-state index contributed by atoms with van der Waals surface area (Å²) in [5.74, 6) is -0.182. The highest BCUT2D eigenvalue weighted by atomic mass is 32.1. The van der Waals surface area contributed by atoms with E-state index in [1.54, 1.807) is 23.7 Å². The van der Waals surface area contributed by atoms with E-state index in [2.05, 4.69) is 15.3 Å². The molecule has 20 heavy (non-hydrogen) atoms. The van der Waals surface area contributed by atoms with Gasteiger partial charge in [-0.05, 0) is 19.1 Å². The third-order valence-corrected chi connectivity index (χ3v) is 4.83. The van der Waals surface area contributed by atoms with Gasteiger partial charge in [-0.15, -0.1) is 22.7 Å². The minimum atomic E-state index is -0.182. The first-order valence-electron chi connectivity index (χ1n) is 5.97. The number of anilines is 1. The van der Waals surface area contributed by atoms with Crippen molar-refractivity contribution in [3.05, 3.63) is 39.3 Å². The molecule has 0 aliphatic rings. The quantitative estimate of drug-likeness (QED) is 0.779. The number of nitrogens with one attached hydrogen (secondary N) is 1. The molecule has 3 heterocycles. The van der Waals surface area contributed by atoms with E-state index in [0.717, 1.165) is 14.6 Å². The Balaban J connectivity index is 1.80. The number of nitrogens with zero attached hydrogens (tertiary/aromatic N) is 2. The van der Waals surface area contributed by atoms with Gasteiger partial charge in [0.05, 0.1) is 16.9 Å². The maximum Gasteiger partial charge on any atom is 0.263 e. The summed E-state index contributed by atoms with van der Waals surface area (Å²) < 4.78 is 0.917. The molecular weight excluding hydrogens is 292 g/mol. The summed E-state index contributed by atoms with van der Waals surface area (Å²) >= 11 is 2.92. The van der Waals surface area contributed by atoms with Crippen molar-refractivity contribution in [3.63, 3.8) is 0 Å². The third-order valence-electron chi connectivity index (χ3n) is 2.76. The lowest BCUT2D eigenvalue weighted by Gasteiger charge is -2.01. The van der Waals surface area contributed by atoms with Crippen LogP contribution in [0, 0.1) is 6.92 Å². The molecule has 102 valence electrons. The first-order valence-corrected chi connectivity index (χ1v) is 7.61. The number of hydrogen-bond acceptors (Lipinski definition) is 6. The first-order chi connectivity index (χ1) is 9.65. The Kier molecular flexibility index (Phi) is 3.37. The van der Waals surface area contributed by atoms with Crippen LogP contribution in [0.1, 0.15) is 19.6 Å². The van der Waals surface area contributed by atoms with E-state index >= 15 is 0 Å². The smallest absolute Gasteiger partial charge is 0.263 e. The highest BCUT2D eigenvalue weighted by molar-refractivity contribution is 7.21. The third kappa shape index (κ3) is 2.37. The van der Waals surface area contributed by atoms with Crippen LogP contribution in [0.15, 0.2) is 24.5 Å². The number of fused-ring (bicyclic) bond motifs is 1. The molecule has 3 aromatic rings. The van der Waals surface area contributed by atoms with Gasteiger partial charge in [-0.1, -0.05) is 0 Å². The maximum absolute atomic E-state index is 12.2. The van der Waals surface area contributed by atoms with Crippen LogP contribution in [0.25, 0.3) is 10.2 Å². The van der Waals surface area contributed by atoms with Gasteiger partial charge in [0.25, 0.3) is 5.91 Å². The molecule has 0 aromatic carbocycles. The van der Waals surface area contributed by atoms with Crippen LogP contribution < -0.4 is 11.1 Å². The van der Waals surface area contributed by atoms with Crippen molar-refractivity contribution in [3.8, 4) is 0 Å². The Hall–Kier alpha value is -1.99. The number of amides is 1. The zero-order chi connectivity index (χ0) is 14.1.